The molecule has 1 fully saturated rings. The summed E-state index contributed by atoms with van der Waals surface area (Å²) in [6.07, 6.45) is -2.38. The largest absolute Gasteiger partial charge is 0.374 e. The molecule has 78 valence electrons. The molecular weight excluding hydrogens is 200 g/mol. The number of morpholine rings is 1. The topological polar surface area (TPSA) is 12.5 Å². The van der Waals surface area contributed by atoms with E-state index in [4.69, 9.17) is 16.3 Å². The van der Waals surface area contributed by atoms with Crippen molar-refractivity contribution in [2.24, 2.45) is 0 Å². The zero-order chi connectivity index (χ0) is 9.84. The van der Waals surface area contributed by atoms with Crippen molar-refractivity contribution in [3.05, 3.63) is 0 Å². The quantitative estimate of drug-likeness (QED) is 0.660. The first-order valence-corrected chi connectivity index (χ1v) is 4.86. The van der Waals surface area contributed by atoms with Gasteiger partial charge in [-0.25, -0.2) is 8.78 Å². The van der Waals surface area contributed by atoms with E-state index < -0.39 is 6.43 Å². The number of hydrogen-bond acceptors (Lipinski definition) is 2. The van der Waals surface area contributed by atoms with Crippen molar-refractivity contribution in [1.82, 2.24) is 4.90 Å². The van der Waals surface area contributed by atoms with Crippen LogP contribution in [0.5, 0.6) is 0 Å². The third kappa shape index (κ3) is 3.37. The molecule has 1 rings (SSSR count). The maximum atomic E-state index is 12.1. The lowest BCUT2D eigenvalue weighted by Gasteiger charge is -2.37. The van der Waals surface area contributed by atoms with Gasteiger partial charge >= 0.3 is 0 Å². The minimum Gasteiger partial charge on any atom is -0.374 e. The van der Waals surface area contributed by atoms with E-state index >= 15 is 0 Å². The Hall–Kier alpha value is 0.0700. The average Bonchev–Trinajstić information content (AvgIpc) is 2.08. The summed E-state index contributed by atoms with van der Waals surface area (Å²) in [5.74, 6) is 0.368. The number of halogens is 3. The number of nitrogens with zero attached hydrogens (tertiary/aromatic N) is 1. The fraction of sp³-hybridized carbons (Fsp3) is 1.00. The van der Waals surface area contributed by atoms with Crippen LogP contribution in [0.3, 0.4) is 0 Å². The molecule has 0 aliphatic carbocycles. The van der Waals surface area contributed by atoms with Crippen LogP contribution in [0.15, 0.2) is 0 Å². The van der Waals surface area contributed by atoms with Crippen molar-refractivity contribution >= 4 is 11.6 Å². The van der Waals surface area contributed by atoms with Crippen LogP contribution in [-0.4, -0.2) is 49.0 Å². The third-order valence-electron chi connectivity index (χ3n) is 2.18. The highest BCUT2D eigenvalue weighted by molar-refractivity contribution is 6.18. The molecule has 0 bridgehead atoms. The first-order chi connectivity index (χ1) is 6.13. The smallest absolute Gasteiger partial charge is 0.251 e. The molecule has 0 aromatic rings. The highest BCUT2D eigenvalue weighted by Crippen LogP contribution is 2.13. The minimum atomic E-state index is -2.28. The Labute approximate surface area is 81.8 Å². The predicted molar refractivity (Wildman–Crippen MR) is 47.5 cm³/mol. The van der Waals surface area contributed by atoms with Crippen LogP contribution < -0.4 is 0 Å². The molecule has 0 N–H and O–H groups in total. The number of alkyl halides is 3. The number of rotatable bonds is 3. The van der Waals surface area contributed by atoms with Gasteiger partial charge in [0.25, 0.3) is 6.43 Å². The molecule has 2 nitrogen and oxygen atoms in total. The predicted octanol–water partition coefficient (Wildman–Crippen LogP) is 1.58. The van der Waals surface area contributed by atoms with Gasteiger partial charge in [-0.2, -0.15) is 0 Å². The fourth-order valence-corrected chi connectivity index (χ4v) is 1.59. The highest BCUT2D eigenvalue weighted by Gasteiger charge is 2.27. The van der Waals surface area contributed by atoms with Crippen molar-refractivity contribution in [2.45, 2.75) is 25.5 Å². The van der Waals surface area contributed by atoms with Crippen LogP contribution in [0, 0.1) is 0 Å². The van der Waals surface area contributed by atoms with Crippen LogP contribution in [0.4, 0.5) is 8.78 Å². The molecule has 1 saturated heterocycles. The van der Waals surface area contributed by atoms with Crippen molar-refractivity contribution in [1.29, 1.82) is 0 Å². The summed E-state index contributed by atoms with van der Waals surface area (Å²) in [4.78, 5) is 1.72. The standard InChI is InChI=1S/C8H14ClF2NO/c1-6-5-13-7(2-9)3-12(6)4-8(10)11/h6-8H,2-5H2,1H3. The summed E-state index contributed by atoms with van der Waals surface area (Å²) >= 11 is 5.59. The van der Waals surface area contributed by atoms with Gasteiger partial charge in [-0.05, 0) is 6.92 Å². The molecule has 5 heteroatoms. The molecule has 2 unspecified atom stereocenters. The van der Waals surface area contributed by atoms with Crippen LogP contribution >= 0.6 is 11.6 Å². The first kappa shape index (κ1) is 11.1. The normalized spacial score (nSPS) is 31.2. The summed E-state index contributed by atoms with van der Waals surface area (Å²) in [7, 11) is 0. The van der Waals surface area contributed by atoms with Gasteiger partial charge < -0.3 is 4.74 Å². The lowest BCUT2D eigenvalue weighted by molar-refractivity contribution is -0.0642. The Morgan fingerprint density at radius 1 is 1.62 bits per heavy atom. The van der Waals surface area contributed by atoms with E-state index in [2.05, 4.69) is 0 Å². The van der Waals surface area contributed by atoms with Gasteiger partial charge in [0.2, 0.25) is 0 Å². The molecular formula is C8H14ClF2NO. The molecule has 0 spiro atoms. The van der Waals surface area contributed by atoms with Crippen LogP contribution in [0.2, 0.25) is 0 Å². The van der Waals surface area contributed by atoms with E-state index in [9.17, 15) is 8.78 Å². The van der Waals surface area contributed by atoms with Crippen LogP contribution in [-0.2, 0) is 4.74 Å². The molecule has 2 atom stereocenters. The van der Waals surface area contributed by atoms with Crippen LogP contribution in [0.1, 0.15) is 6.92 Å². The SMILES string of the molecule is CC1COC(CCl)CN1CC(F)F. The molecule has 0 saturated carbocycles. The van der Waals surface area contributed by atoms with Gasteiger partial charge in [-0.1, -0.05) is 0 Å². The van der Waals surface area contributed by atoms with E-state index in [1.54, 1.807) is 4.90 Å². The Bertz CT molecular complexity index is 159. The van der Waals surface area contributed by atoms with Gasteiger partial charge in [0.1, 0.15) is 0 Å². The highest BCUT2D eigenvalue weighted by atomic mass is 35.5. The maximum absolute atomic E-state index is 12.1. The average molecular weight is 214 g/mol. The fourth-order valence-electron chi connectivity index (χ4n) is 1.40. The molecule has 1 heterocycles. The summed E-state index contributed by atoms with van der Waals surface area (Å²) in [5, 5.41) is 0. The molecule has 0 amide bonds. The van der Waals surface area contributed by atoms with E-state index in [-0.39, 0.29) is 18.7 Å². The van der Waals surface area contributed by atoms with Crippen molar-refractivity contribution < 1.29 is 13.5 Å². The molecule has 13 heavy (non-hydrogen) atoms. The summed E-state index contributed by atoms with van der Waals surface area (Å²) < 4.78 is 29.5. The number of ether oxygens (including phenoxy) is 1. The van der Waals surface area contributed by atoms with Crippen molar-refractivity contribution in [3.63, 3.8) is 0 Å². The molecule has 1 aliphatic rings. The van der Waals surface area contributed by atoms with Crippen molar-refractivity contribution in [2.75, 3.05) is 25.6 Å². The second kappa shape index (κ2) is 5.08. The zero-order valence-corrected chi connectivity index (χ0v) is 8.31. The molecule has 0 aromatic heterocycles. The van der Waals surface area contributed by atoms with E-state index in [1.165, 1.54) is 0 Å². The van der Waals surface area contributed by atoms with Gasteiger partial charge in [0, 0.05) is 18.5 Å². The third-order valence-corrected chi connectivity index (χ3v) is 2.52. The van der Waals surface area contributed by atoms with E-state index in [1.807, 2.05) is 6.92 Å². The molecule has 0 radical (unpaired) electrons. The van der Waals surface area contributed by atoms with Gasteiger partial charge in [-0.15, -0.1) is 11.6 Å². The van der Waals surface area contributed by atoms with Crippen LogP contribution in [0.25, 0.3) is 0 Å². The van der Waals surface area contributed by atoms with Gasteiger partial charge in [-0.3, -0.25) is 4.90 Å². The summed E-state index contributed by atoms with van der Waals surface area (Å²) in [6.45, 7) is 2.70. The van der Waals surface area contributed by atoms with Gasteiger partial charge in [0.05, 0.1) is 19.3 Å². The Kier molecular flexibility index (Phi) is 4.35. The molecule has 1 aliphatic heterocycles. The summed E-state index contributed by atoms with van der Waals surface area (Å²) in [5.41, 5.74) is 0. The van der Waals surface area contributed by atoms with E-state index in [0.29, 0.717) is 19.0 Å². The second-order valence-corrected chi connectivity index (χ2v) is 3.61. The Morgan fingerprint density at radius 3 is 2.85 bits per heavy atom. The monoisotopic (exact) mass is 213 g/mol. The van der Waals surface area contributed by atoms with E-state index in [0.717, 1.165) is 0 Å². The zero-order valence-electron chi connectivity index (χ0n) is 7.55. The Morgan fingerprint density at radius 2 is 2.31 bits per heavy atom. The lowest BCUT2D eigenvalue weighted by Crippen LogP contribution is -2.50. The molecule has 0 aromatic carbocycles. The lowest BCUT2D eigenvalue weighted by atomic mass is 10.2. The first-order valence-electron chi connectivity index (χ1n) is 4.33. The minimum absolute atomic E-state index is 0.0634. The Balaban J connectivity index is 2.40. The summed E-state index contributed by atoms with van der Waals surface area (Å²) in [6, 6.07) is 0.0634. The van der Waals surface area contributed by atoms with Crippen molar-refractivity contribution in [3.8, 4) is 0 Å². The van der Waals surface area contributed by atoms with Gasteiger partial charge in [0.15, 0.2) is 0 Å². The second-order valence-electron chi connectivity index (χ2n) is 3.30. The maximum Gasteiger partial charge on any atom is 0.251 e. The number of hydrogen-bond donors (Lipinski definition) is 0.